The molecule has 1 fully saturated rings. The van der Waals surface area contributed by atoms with E-state index in [9.17, 15) is 18.0 Å². The number of ether oxygens (including phenoxy) is 3. The van der Waals surface area contributed by atoms with Gasteiger partial charge in [0.05, 0.1) is 31.9 Å². The molecular weight excluding hydrogens is 655 g/mol. The van der Waals surface area contributed by atoms with Crippen molar-refractivity contribution in [2.45, 2.75) is 62.6 Å². The van der Waals surface area contributed by atoms with E-state index < -0.39 is 28.5 Å². The summed E-state index contributed by atoms with van der Waals surface area (Å²) in [4.78, 5) is 30.4. The fourth-order valence-electron chi connectivity index (χ4n) is 6.23. The van der Waals surface area contributed by atoms with Crippen LogP contribution in [0.25, 0.3) is 0 Å². The topological polar surface area (TPSA) is 114 Å². The van der Waals surface area contributed by atoms with Crippen molar-refractivity contribution >= 4 is 27.5 Å². The highest BCUT2D eigenvalue weighted by molar-refractivity contribution is 7.92. The summed E-state index contributed by atoms with van der Waals surface area (Å²) < 4.78 is 46.2. The van der Waals surface area contributed by atoms with E-state index in [0.717, 1.165) is 46.7 Å². The third-order valence-corrected chi connectivity index (χ3v) is 10.8. The Morgan fingerprint density at radius 2 is 1.48 bits per heavy atom. The van der Waals surface area contributed by atoms with Crippen LogP contribution in [0.15, 0.2) is 102 Å². The molecule has 0 radical (unpaired) electrons. The van der Waals surface area contributed by atoms with Gasteiger partial charge in [-0.15, -0.1) is 0 Å². The van der Waals surface area contributed by atoms with Crippen molar-refractivity contribution < 1.29 is 32.2 Å². The Labute approximate surface area is 295 Å². The second-order valence-corrected chi connectivity index (χ2v) is 14.3. The van der Waals surface area contributed by atoms with Crippen molar-refractivity contribution in [2.75, 3.05) is 32.2 Å². The Morgan fingerprint density at radius 3 is 2.14 bits per heavy atom. The molecule has 4 aromatic carbocycles. The maximum absolute atomic E-state index is 14.8. The zero-order valence-electron chi connectivity index (χ0n) is 29.0. The maximum Gasteiger partial charge on any atom is 0.264 e. The van der Waals surface area contributed by atoms with Crippen LogP contribution >= 0.6 is 0 Å². The predicted octanol–water partition coefficient (Wildman–Crippen LogP) is 5.92. The summed E-state index contributed by atoms with van der Waals surface area (Å²) in [5.74, 6) is 0.379. The van der Waals surface area contributed by atoms with Gasteiger partial charge in [0.15, 0.2) is 11.5 Å². The summed E-state index contributed by atoms with van der Waals surface area (Å²) in [6.45, 7) is 1.38. The number of anilines is 1. The van der Waals surface area contributed by atoms with Gasteiger partial charge in [-0.05, 0) is 67.3 Å². The Hall–Kier alpha value is -5.03. The first-order valence-corrected chi connectivity index (χ1v) is 18.1. The van der Waals surface area contributed by atoms with Gasteiger partial charge >= 0.3 is 0 Å². The number of sulfonamides is 1. The highest BCUT2D eigenvalue weighted by Crippen LogP contribution is 2.33. The van der Waals surface area contributed by atoms with E-state index in [0.29, 0.717) is 17.2 Å². The number of amides is 2. The zero-order chi connectivity index (χ0) is 35.7. The second kappa shape index (κ2) is 16.6. The second-order valence-electron chi connectivity index (χ2n) is 12.4. The first-order chi connectivity index (χ1) is 24.1. The van der Waals surface area contributed by atoms with Crippen molar-refractivity contribution in [3.8, 4) is 17.2 Å². The van der Waals surface area contributed by atoms with Crippen LogP contribution in [-0.2, 0) is 32.6 Å². The van der Waals surface area contributed by atoms with Gasteiger partial charge in [-0.2, -0.15) is 0 Å². The molecule has 50 heavy (non-hydrogen) atoms. The number of aryl methyl sites for hydroxylation is 1. The van der Waals surface area contributed by atoms with E-state index in [2.05, 4.69) is 5.32 Å². The Balaban J connectivity index is 1.59. The number of carbonyl (C=O) groups excluding carboxylic acids is 2. The van der Waals surface area contributed by atoms with Crippen LogP contribution < -0.4 is 23.8 Å². The summed E-state index contributed by atoms with van der Waals surface area (Å²) in [7, 11) is 0.126. The highest BCUT2D eigenvalue weighted by Gasteiger charge is 2.36. The minimum absolute atomic E-state index is 0.0176. The Morgan fingerprint density at radius 1 is 0.800 bits per heavy atom. The lowest BCUT2D eigenvalue weighted by molar-refractivity contribution is -0.140. The molecule has 4 aromatic rings. The number of hydrogen-bond donors (Lipinski definition) is 1. The molecule has 0 aromatic heterocycles. The first kappa shape index (κ1) is 36.3. The molecule has 0 aliphatic heterocycles. The third-order valence-electron chi connectivity index (χ3n) is 9.00. The van der Waals surface area contributed by atoms with Gasteiger partial charge in [-0.25, -0.2) is 8.42 Å². The standard InChI is InChI=1S/C39H45N3O7S/c1-28-17-19-32(20-18-28)42(50(45,46)34-21-22-36(48-3)37(25-34)49-4)27-38(43)41(26-30-13-10-16-33(23-30)47-2)35(24-29-11-6-5-7-12-29)39(44)40-31-14-8-9-15-31/h5-7,10-13,16-23,25,31,35H,8-9,14-15,24,26-27H2,1-4H3,(H,40,44)/t35-/m0/s1. The van der Waals surface area contributed by atoms with E-state index in [1.54, 1.807) is 37.4 Å². The normalized spacial score (nSPS) is 13.7. The van der Waals surface area contributed by atoms with E-state index in [4.69, 9.17) is 14.2 Å². The summed E-state index contributed by atoms with van der Waals surface area (Å²) in [6, 6.07) is 27.1. The lowest BCUT2D eigenvalue weighted by Crippen LogP contribution is -2.54. The summed E-state index contributed by atoms with van der Waals surface area (Å²) >= 11 is 0. The van der Waals surface area contributed by atoms with E-state index in [-0.39, 0.29) is 35.6 Å². The number of nitrogens with zero attached hydrogens (tertiary/aromatic N) is 2. The molecule has 1 atom stereocenters. The van der Waals surface area contributed by atoms with E-state index >= 15 is 0 Å². The number of nitrogens with one attached hydrogen (secondary N) is 1. The van der Waals surface area contributed by atoms with E-state index in [1.807, 2.05) is 55.5 Å². The van der Waals surface area contributed by atoms with Gasteiger partial charge in [0.2, 0.25) is 11.8 Å². The molecule has 1 aliphatic carbocycles. The van der Waals surface area contributed by atoms with Crippen LogP contribution in [0.5, 0.6) is 17.2 Å². The van der Waals surface area contributed by atoms with Crippen LogP contribution in [-0.4, -0.2) is 65.1 Å². The largest absolute Gasteiger partial charge is 0.497 e. The number of rotatable bonds is 15. The van der Waals surface area contributed by atoms with Crippen LogP contribution in [0.1, 0.15) is 42.4 Å². The monoisotopic (exact) mass is 699 g/mol. The minimum Gasteiger partial charge on any atom is -0.497 e. The molecule has 10 nitrogen and oxygen atoms in total. The summed E-state index contributed by atoms with van der Waals surface area (Å²) in [5.41, 5.74) is 2.83. The fourth-order valence-corrected chi connectivity index (χ4v) is 7.66. The van der Waals surface area contributed by atoms with E-state index in [1.165, 1.54) is 37.3 Å². The Kier molecular flexibility index (Phi) is 12.0. The van der Waals surface area contributed by atoms with Gasteiger partial charge in [0, 0.05) is 25.1 Å². The SMILES string of the molecule is COc1cccc(CN(C(=O)CN(c2ccc(C)cc2)S(=O)(=O)c2ccc(OC)c(OC)c2)[C@@H](Cc2ccccc2)C(=O)NC2CCCC2)c1. The van der Waals surface area contributed by atoms with Crippen LogP contribution in [0.3, 0.4) is 0 Å². The van der Waals surface area contributed by atoms with Crippen LogP contribution in [0, 0.1) is 6.92 Å². The van der Waals surface area contributed by atoms with Gasteiger partial charge < -0.3 is 24.4 Å². The smallest absolute Gasteiger partial charge is 0.264 e. The molecule has 0 spiro atoms. The van der Waals surface area contributed by atoms with Gasteiger partial charge in [0.25, 0.3) is 10.0 Å². The van der Waals surface area contributed by atoms with Crippen molar-refractivity contribution in [3.63, 3.8) is 0 Å². The minimum atomic E-state index is -4.33. The molecule has 264 valence electrons. The summed E-state index contributed by atoms with van der Waals surface area (Å²) in [6.07, 6.45) is 4.04. The van der Waals surface area contributed by atoms with Gasteiger partial charge in [-0.3, -0.25) is 13.9 Å². The highest BCUT2D eigenvalue weighted by atomic mass is 32.2. The fraction of sp³-hybridized carbons (Fsp3) is 0.333. The third kappa shape index (κ3) is 8.76. The van der Waals surface area contributed by atoms with Crippen molar-refractivity contribution in [2.24, 2.45) is 0 Å². The lowest BCUT2D eigenvalue weighted by atomic mass is 10.0. The first-order valence-electron chi connectivity index (χ1n) is 16.7. The van der Waals surface area contributed by atoms with Crippen molar-refractivity contribution in [1.29, 1.82) is 0 Å². The zero-order valence-corrected chi connectivity index (χ0v) is 29.8. The molecule has 2 amide bonds. The predicted molar refractivity (Wildman–Crippen MR) is 193 cm³/mol. The van der Waals surface area contributed by atoms with Crippen molar-refractivity contribution in [3.05, 3.63) is 114 Å². The number of methoxy groups -OCH3 is 3. The molecule has 1 aliphatic rings. The van der Waals surface area contributed by atoms with Crippen LogP contribution in [0.2, 0.25) is 0 Å². The number of carbonyl (C=O) groups is 2. The van der Waals surface area contributed by atoms with Crippen molar-refractivity contribution in [1.82, 2.24) is 10.2 Å². The van der Waals surface area contributed by atoms with Gasteiger partial charge in [0.1, 0.15) is 18.3 Å². The lowest BCUT2D eigenvalue weighted by Gasteiger charge is -2.34. The average Bonchev–Trinajstić information content (AvgIpc) is 3.65. The molecule has 1 N–H and O–H groups in total. The summed E-state index contributed by atoms with van der Waals surface area (Å²) in [5, 5.41) is 3.20. The Bertz CT molecular complexity index is 1860. The molecule has 11 heteroatoms. The molecule has 0 bridgehead atoms. The molecule has 0 heterocycles. The average molecular weight is 700 g/mol. The molecule has 5 rings (SSSR count). The van der Waals surface area contributed by atoms with Gasteiger partial charge in [-0.1, -0.05) is 73.0 Å². The molecule has 0 saturated heterocycles. The number of benzene rings is 4. The molecule has 1 saturated carbocycles. The quantitative estimate of drug-likeness (QED) is 0.164. The molecule has 0 unspecified atom stereocenters. The number of hydrogen-bond acceptors (Lipinski definition) is 7. The molecular formula is C39H45N3O7S. The van der Waals surface area contributed by atoms with Crippen LogP contribution in [0.4, 0.5) is 5.69 Å². The maximum atomic E-state index is 14.8.